The first-order valence-corrected chi connectivity index (χ1v) is 9.76. The molecule has 1 heterocycles. The van der Waals surface area contributed by atoms with E-state index >= 15 is 0 Å². The summed E-state index contributed by atoms with van der Waals surface area (Å²) in [6.45, 7) is 0.364. The van der Waals surface area contributed by atoms with E-state index in [9.17, 15) is 18.4 Å². The Morgan fingerprint density at radius 1 is 0.906 bits per heavy atom. The predicted octanol–water partition coefficient (Wildman–Crippen LogP) is 4.04. The Kier molecular flexibility index (Phi) is 5.85. The van der Waals surface area contributed by atoms with Crippen LogP contribution in [0.2, 0.25) is 0 Å². The molecule has 1 amide bonds. The van der Waals surface area contributed by atoms with Gasteiger partial charge >= 0.3 is 0 Å². The molecule has 3 N–H and O–H groups in total. The normalized spacial score (nSPS) is 10.8. The average molecular weight is 432 g/mol. The molecule has 4 rings (SSSR count). The lowest BCUT2D eigenvalue weighted by molar-refractivity contribution is 0.0981. The van der Waals surface area contributed by atoms with E-state index in [2.05, 4.69) is 15.3 Å². The molecule has 0 bridgehead atoms. The van der Waals surface area contributed by atoms with E-state index < -0.39 is 28.9 Å². The summed E-state index contributed by atoms with van der Waals surface area (Å²) in [4.78, 5) is 32.5. The molecule has 4 aromatic rings. The lowest BCUT2D eigenvalue weighted by atomic mass is 10.0. The van der Waals surface area contributed by atoms with Crippen molar-refractivity contribution in [1.82, 2.24) is 9.97 Å². The van der Waals surface area contributed by atoms with Gasteiger partial charge in [-0.25, -0.2) is 18.7 Å². The third kappa shape index (κ3) is 4.29. The minimum Gasteiger partial charge on any atom is -0.366 e. The van der Waals surface area contributed by atoms with Crippen molar-refractivity contribution in [2.45, 2.75) is 13.0 Å². The first kappa shape index (κ1) is 21.0. The van der Waals surface area contributed by atoms with E-state index in [1.807, 2.05) is 6.07 Å². The molecule has 160 valence electrons. The second-order valence-corrected chi connectivity index (χ2v) is 7.16. The zero-order chi connectivity index (χ0) is 22.7. The first-order valence-electron chi connectivity index (χ1n) is 9.76. The molecular weight excluding hydrogens is 414 g/mol. The van der Waals surface area contributed by atoms with Gasteiger partial charge in [0.15, 0.2) is 5.78 Å². The van der Waals surface area contributed by atoms with Crippen molar-refractivity contribution in [3.8, 4) is 0 Å². The van der Waals surface area contributed by atoms with Crippen molar-refractivity contribution < 1.29 is 18.4 Å². The number of benzene rings is 3. The summed E-state index contributed by atoms with van der Waals surface area (Å²) in [5, 5.41) is 3.84. The number of aromatic nitrogens is 2. The maximum absolute atomic E-state index is 13.9. The van der Waals surface area contributed by atoms with Crippen molar-refractivity contribution in [2.75, 3.05) is 5.32 Å². The van der Waals surface area contributed by atoms with Crippen molar-refractivity contribution in [2.24, 2.45) is 5.73 Å². The molecule has 0 aliphatic rings. The highest BCUT2D eigenvalue weighted by molar-refractivity contribution is 6.06. The maximum Gasteiger partial charge on any atom is 0.250 e. The molecule has 8 heteroatoms. The number of carbonyl (C=O) groups is 2. The fourth-order valence-electron chi connectivity index (χ4n) is 3.50. The quantitative estimate of drug-likeness (QED) is 0.430. The van der Waals surface area contributed by atoms with E-state index in [1.165, 1.54) is 12.4 Å². The Morgan fingerprint density at radius 3 is 2.34 bits per heavy atom. The molecular formula is C24H18F2N4O2. The Hall–Kier alpha value is -4.20. The minimum atomic E-state index is -0.876. The fourth-order valence-corrected chi connectivity index (χ4v) is 3.50. The number of nitrogens with one attached hydrogen (secondary N) is 1. The number of nitrogens with zero attached hydrogens (tertiary/aromatic N) is 2. The highest BCUT2D eigenvalue weighted by atomic mass is 19.1. The average Bonchev–Trinajstić information content (AvgIpc) is 2.77. The number of hydrogen-bond donors (Lipinski definition) is 2. The molecule has 0 spiro atoms. The molecule has 1 aromatic heterocycles. The smallest absolute Gasteiger partial charge is 0.250 e. The second-order valence-electron chi connectivity index (χ2n) is 7.16. The highest BCUT2D eigenvalue weighted by Gasteiger charge is 2.17. The van der Waals surface area contributed by atoms with Crippen LogP contribution in [-0.2, 0) is 13.0 Å². The monoisotopic (exact) mass is 432 g/mol. The van der Waals surface area contributed by atoms with E-state index in [-0.39, 0.29) is 6.42 Å². The van der Waals surface area contributed by atoms with Crippen LogP contribution in [0.4, 0.5) is 14.6 Å². The SMILES string of the molecule is NC(=O)c1cccc2c(NCc3cccc(CC(=O)c4c(F)cccc4F)c3)ncnc12. The van der Waals surface area contributed by atoms with Gasteiger partial charge in [0.1, 0.15) is 23.8 Å². The number of amides is 1. The van der Waals surface area contributed by atoms with Crippen molar-refractivity contribution >= 4 is 28.4 Å². The number of rotatable bonds is 7. The molecule has 0 unspecified atom stereocenters. The summed E-state index contributed by atoms with van der Waals surface area (Å²) >= 11 is 0. The van der Waals surface area contributed by atoms with E-state index in [4.69, 9.17) is 5.73 Å². The number of fused-ring (bicyclic) bond motifs is 1. The number of nitrogens with two attached hydrogens (primary N) is 1. The Morgan fingerprint density at radius 2 is 1.59 bits per heavy atom. The van der Waals surface area contributed by atoms with E-state index in [0.717, 1.165) is 17.7 Å². The van der Waals surface area contributed by atoms with Crippen LogP contribution >= 0.6 is 0 Å². The van der Waals surface area contributed by atoms with Crippen molar-refractivity contribution in [3.05, 3.63) is 101 Å². The van der Waals surface area contributed by atoms with Crippen LogP contribution in [0.25, 0.3) is 10.9 Å². The number of hydrogen-bond acceptors (Lipinski definition) is 5. The summed E-state index contributed by atoms with van der Waals surface area (Å²) in [5.74, 6) is -2.44. The Labute approximate surface area is 182 Å². The zero-order valence-corrected chi connectivity index (χ0v) is 16.8. The second kappa shape index (κ2) is 8.89. The van der Waals surface area contributed by atoms with Gasteiger partial charge in [-0.05, 0) is 35.4 Å². The van der Waals surface area contributed by atoms with Gasteiger partial charge < -0.3 is 11.1 Å². The van der Waals surface area contributed by atoms with E-state index in [1.54, 1.807) is 36.4 Å². The molecule has 0 saturated carbocycles. The largest absolute Gasteiger partial charge is 0.366 e. The summed E-state index contributed by atoms with van der Waals surface area (Å²) in [5.41, 5.74) is 7.09. The number of para-hydroxylation sites is 1. The van der Waals surface area contributed by atoms with Gasteiger partial charge in [0.05, 0.1) is 16.6 Å². The van der Waals surface area contributed by atoms with Crippen LogP contribution < -0.4 is 11.1 Å². The van der Waals surface area contributed by atoms with Crippen LogP contribution in [0.1, 0.15) is 31.8 Å². The fraction of sp³-hybridized carbons (Fsp3) is 0.0833. The number of carbonyl (C=O) groups excluding carboxylic acids is 2. The summed E-state index contributed by atoms with van der Waals surface area (Å²) in [6, 6.07) is 15.5. The molecule has 0 radical (unpaired) electrons. The van der Waals surface area contributed by atoms with Gasteiger partial charge in [-0.3, -0.25) is 9.59 Å². The van der Waals surface area contributed by atoms with E-state index in [0.29, 0.717) is 34.4 Å². The van der Waals surface area contributed by atoms with Gasteiger partial charge in [0, 0.05) is 18.4 Å². The molecule has 0 aliphatic heterocycles. The Balaban J connectivity index is 1.53. The van der Waals surface area contributed by atoms with Gasteiger partial charge in [-0.1, -0.05) is 36.4 Å². The number of halogens is 2. The molecule has 0 fully saturated rings. The lowest BCUT2D eigenvalue weighted by Crippen LogP contribution is -2.12. The Bertz CT molecular complexity index is 1320. The number of ketones is 1. The molecule has 6 nitrogen and oxygen atoms in total. The lowest BCUT2D eigenvalue weighted by Gasteiger charge is -2.11. The molecule has 0 aliphatic carbocycles. The van der Waals surface area contributed by atoms with Crippen LogP contribution in [0.5, 0.6) is 0 Å². The maximum atomic E-state index is 13.9. The third-order valence-corrected chi connectivity index (χ3v) is 4.99. The summed E-state index contributed by atoms with van der Waals surface area (Å²) in [7, 11) is 0. The number of primary amides is 1. The van der Waals surface area contributed by atoms with Crippen LogP contribution in [0.15, 0.2) is 67.0 Å². The van der Waals surface area contributed by atoms with Crippen LogP contribution in [-0.4, -0.2) is 21.7 Å². The standard InChI is InChI=1S/C24H18F2N4O2/c25-18-8-3-9-19(26)21(18)20(31)11-14-4-1-5-15(10-14)12-28-24-17-7-2-6-16(23(27)32)22(17)29-13-30-24/h1-10,13H,11-12H2,(H2,27,32)(H,28,29,30). The molecule has 3 aromatic carbocycles. The number of anilines is 1. The summed E-state index contributed by atoms with van der Waals surface area (Å²) < 4.78 is 27.8. The van der Waals surface area contributed by atoms with Crippen LogP contribution in [0.3, 0.4) is 0 Å². The van der Waals surface area contributed by atoms with Gasteiger partial charge in [-0.2, -0.15) is 0 Å². The zero-order valence-electron chi connectivity index (χ0n) is 16.8. The minimum absolute atomic E-state index is 0.135. The topological polar surface area (TPSA) is 98.0 Å². The third-order valence-electron chi connectivity index (χ3n) is 4.99. The highest BCUT2D eigenvalue weighted by Crippen LogP contribution is 2.23. The first-order chi connectivity index (χ1) is 15.4. The molecule has 0 atom stereocenters. The molecule has 32 heavy (non-hydrogen) atoms. The van der Waals surface area contributed by atoms with Gasteiger partial charge in [-0.15, -0.1) is 0 Å². The summed E-state index contributed by atoms with van der Waals surface area (Å²) in [6.07, 6.45) is 1.21. The predicted molar refractivity (Wildman–Crippen MR) is 116 cm³/mol. The van der Waals surface area contributed by atoms with Gasteiger partial charge in [0.25, 0.3) is 5.91 Å². The number of Topliss-reactive ketones (excluding diaryl/α,β-unsaturated/α-hetero) is 1. The van der Waals surface area contributed by atoms with Crippen molar-refractivity contribution in [3.63, 3.8) is 0 Å². The van der Waals surface area contributed by atoms with Crippen molar-refractivity contribution in [1.29, 1.82) is 0 Å². The molecule has 0 saturated heterocycles. The van der Waals surface area contributed by atoms with Crippen LogP contribution in [0, 0.1) is 11.6 Å². The van der Waals surface area contributed by atoms with Gasteiger partial charge in [0.2, 0.25) is 0 Å².